The van der Waals surface area contributed by atoms with Crippen molar-refractivity contribution in [2.24, 2.45) is 0 Å². The second-order valence-corrected chi connectivity index (χ2v) is 3.18. The minimum Gasteiger partial charge on any atom is -0.399 e. The molecule has 0 spiro atoms. The number of ether oxygens (including phenoxy) is 1. The molecule has 0 fully saturated rings. The Labute approximate surface area is 82.3 Å². The van der Waals surface area contributed by atoms with E-state index < -0.39 is 0 Å². The number of nitrogens with two attached hydrogens (primary N) is 1. The van der Waals surface area contributed by atoms with Gasteiger partial charge in [0.05, 0.1) is 24.9 Å². The molecule has 14 heavy (non-hydrogen) atoms. The molecule has 0 unspecified atom stereocenters. The molecule has 0 aliphatic carbocycles. The Balaban J connectivity index is 2.37. The lowest BCUT2D eigenvalue weighted by atomic mass is 10.2. The van der Waals surface area contributed by atoms with Gasteiger partial charge in [0.2, 0.25) is 0 Å². The summed E-state index contributed by atoms with van der Waals surface area (Å²) in [6, 6.07) is 5.78. The molecule has 0 amide bonds. The van der Waals surface area contributed by atoms with Crippen LogP contribution in [0.4, 0.5) is 5.69 Å². The van der Waals surface area contributed by atoms with E-state index in [0.29, 0.717) is 6.61 Å². The van der Waals surface area contributed by atoms with E-state index in [1.54, 1.807) is 7.11 Å². The van der Waals surface area contributed by atoms with E-state index in [1.165, 1.54) is 0 Å². The highest BCUT2D eigenvalue weighted by atomic mass is 16.5. The Bertz CT molecular complexity index is 436. The lowest BCUT2D eigenvalue weighted by molar-refractivity contribution is 0.185. The molecule has 0 saturated carbocycles. The molecule has 0 aliphatic heterocycles. The van der Waals surface area contributed by atoms with Gasteiger partial charge in [0.15, 0.2) is 0 Å². The van der Waals surface area contributed by atoms with Gasteiger partial charge in [-0.1, -0.05) is 0 Å². The fourth-order valence-electron chi connectivity index (χ4n) is 1.46. The summed E-state index contributed by atoms with van der Waals surface area (Å²) < 4.78 is 6.92. The van der Waals surface area contributed by atoms with Crippen molar-refractivity contribution in [2.75, 3.05) is 19.5 Å². The van der Waals surface area contributed by atoms with Crippen LogP contribution in [0, 0.1) is 0 Å². The van der Waals surface area contributed by atoms with Crippen molar-refractivity contribution in [1.82, 2.24) is 9.78 Å². The summed E-state index contributed by atoms with van der Waals surface area (Å²) in [7, 11) is 1.68. The first-order valence-corrected chi connectivity index (χ1v) is 4.51. The molecule has 0 saturated heterocycles. The Hall–Kier alpha value is -1.55. The maximum absolute atomic E-state index is 5.67. The maximum Gasteiger partial charge on any atom is 0.0684 e. The molecular weight excluding hydrogens is 178 g/mol. The Morgan fingerprint density at radius 3 is 3.14 bits per heavy atom. The highest BCUT2D eigenvalue weighted by Gasteiger charge is 2.01. The van der Waals surface area contributed by atoms with Gasteiger partial charge in [-0.2, -0.15) is 5.10 Å². The predicted molar refractivity (Wildman–Crippen MR) is 56.0 cm³/mol. The fraction of sp³-hybridized carbons (Fsp3) is 0.300. The largest absolute Gasteiger partial charge is 0.399 e. The van der Waals surface area contributed by atoms with Crippen LogP contribution in [0.15, 0.2) is 24.4 Å². The van der Waals surface area contributed by atoms with Crippen molar-refractivity contribution in [3.05, 3.63) is 24.4 Å². The average molecular weight is 191 g/mol. The van der Waals surface area contributed by atoms with Gasteiger partial charge < -0.3 is 10.5 Å². The van der Waals surface area contributed by atoms with Crippen LogP contribution < -0.4 is 5.73 Å². The maximum atomic E-state index is 5.67. The molecule has 4 heteroatoms. The second kappa shape index (κ2) is 3.67. The van der Waals surface area contributed by atoms with Crippen LogP contribution in [0.5, 0.6) is 0 Å². The standard InChI is InChI=1S/C10H13N3O/c1-14-5-4-13-10-3-2-9(11)6-8(10)7-12-13/h2-3,6-7H,4-5,11H2,1H3. The molecule has 0 atom stereocenters. The number of nitrogen functional groups attached to an aromatic ring is 1. The van der Waals surface area contributed by atoms with Gasteiger partial charge >= 0.3 is 0 Å². The van der Waals surface area contributed by atoms with Gasteiger partial charge in [0.1, 0.15) is 0 Å². The minimum absolute atomic E-state index is 0.668. The van der Waals surface area contributed by atoms with Crippen LogP contribution in [-0.2, 0) is 11.3 Å². The predicted octanol–water partition coefficient (Wildman–Crippen LogP) is 1.26. The molecule has 1 heterocycles. The SMILES string of the molecule is COCCn1ncc2cc(N)ccc21. The molecule has 0 bridgehead atoms. The first-order valence-electron chi connectivity index (χ1n) is 4.51. The number of anilines is 1. The lowest BCUT2D eigenvalue weighted by Gasteiger charge is -2.02. The van der Waals surface area contributed by atoms with Crippen molar-refractivity contribution in [3.8, 4) is 0 Å². The Morgan fingerprint density at radius 1 is 1.50 bits per heavy atom. The highest BCUT2D eigenvalue weighted by molar-refractivity contribution is 5.81. The van der Waals surface area contributed by atoms with Crippen LogP contribution in [0.25, 0.3) is 10.9 Å². The molecule has 1 aromatic heterocycles. The van der Waals surface area contributed by atoms with Gasteiger partial charge in [-0.15, -0.1) is 0 Å². The van der Waals surface area contributed by atoms with Gasteiger partial charge in [-0.3, -0.25) is 4.68 Å². The average Bonchev–Trinajstić information content (AvgIpc) is 2.57. The number of rotatable bonds is 3. The molecule has 74 valence electrons. The number of hydrogen-bond donors (Lipinski definition) is 1. The van der Waals surface area contributed by atoms with E-state index in [9.17, 15) is 0 Å². The van der Waals surface area contributed by atoms with Crippen molar-refractivity contribution in [2.45, 2.75) is 6.54 Å². The van der Waals surface area contributed by atoms with E-state index in [2.05, 4.69) is 5.10 Å². The van der Waals surface area contributed by atoms with E-state index in [-0.39, 0.29) is 0 Å². The molecule has 2 N–H and O–H groups in total. The van der Waals surface area contributed by atoms with Gasteiger partial charge in [0, 0.05) is 18.2 Å². The number of aromatic nitrogens is 2. The van der Waals surface area contributed by atoms with Crippen molar-refractivity contribution < 1.29 is 4.74 Å². The number of fused-ring (bicyclic) bond motifs is 1. The summed E-state index contributed by atoms with van der Waals surface area (Å²) in [5.41, 5.74) is 7.53. The van der Waals surface area contributed by atoms with Crippen LogP contribution in [-0.4, -0.2) is 23.5 Å². The summed E-state index contributed by atoms with van der Waals surface area (Å²) in [6.45, 7) is 1.44. The van der Waals surface area contributed by atoms with E-state index in [4.69, 9.17) is 10.5 Å². The van der Waals surface area contributed by atoms with Crippen molar-refractivity contribution in [3.63, 3.8) is 0 Å². The molecule has 2 rings (SSSR count). The van der Waals surface area contributed by atoms with Crippen molar-refractivity contribution in [1.29, 1.82) is 0 Å². The summed E-state index contributed by atoms with van der Waals surface area (Å²) in [6.07, 6.45) is 1.82. The molecule has 1 aromatic carbocycles. The van der Waals surface area contributed by atoms with Gasteiger partial charge in [0.25, 0.3) is 0 Å². The van der Waals surface area contributed by atoms with E-state index in [0.717, 1.165) is 23.1 Å². The summed E-state index contributed by atoms with van der Waals surface area (Å²) >= 11 is 0. The number of benzene rings is 1. The van der Waals surface area contributed by atoms with E-state index in [1.807, 2.05) is 29.1 Å². The monoisotopic (exact) mass is 191 g/mol. The zero-order valence-corrected chi connectivity index (χ0v) is 8.10. The molecule has 4 nitrogen and oxygen atoms in total. The second-order valence-electron chi connectivity index (χ2n) is 3.18. The highest BCUT2D eigenvalue weighted by Crippen LogP contribution is 2.16. The molecule has 0 aliphatic rings. The number of nitrogens with zero attached hydrogens (tertiary/aromatic N) is 2. The zero-order valence-electron chi connectivity index (χ0n) is 8.10. The minimum atomic E-state index is 0.668. The Morgan fingerprint density at radius 2 is 2.36 bits per heavy atom. The molecule has 0 radical (unpaired) electrons. The third-order valence-electron chi connectivity index (χ3n) is 2.17. The summed E-state index contributed by atoms with van der Waals surface area (Å²) in [5, 5.41) is 5.33. The lowest BCUT2D eigenvalue weighted by Crippen LogP contribution is -2.05. The normalized spacial score (nSPS) is 10.9. The topological polar surface area (TPSA) is 53.1 Å². The quantitative estimate of drug-likeness (QED) is 0.743. The van der Waals surface area contributed by atoms with Crippen LogP contribution in [0.1, 0.15) is 0 Å². The molecule has 2 aromatic rings. The first-order chi connectivity index (χ1) is 6.81. The fourth-order valence-corrected chi connectivity index (χ4v) is 1.46. The number of hydrogen-bond acceptors (Lipinski definition) is 3. The summed E-state index contributed by atoms with van der Waals surface area (Å²) in [5.74, 6) is 0. The smallest absolute Gasteiger partial charge is 0.0684 e. The summed E-state index contributed by atoms with van der Waals surface area (Å²) in [4.78, 5) is 0. The van der Waals surface area contributed by atoms with Crippen molar-refractivity contribution >= 4 is 16.6 Å². The van der Waals surface area contributed by atoms with Crippen LogP contribution in [0.3, 0.4) is 0 Å². The Kier molecular flexibility index (Phi) is 2.37. The zero-order chi connectivity index (χ0) is 9.97. The third kappa shape index (κ3) is 1.56. The third-order valence-corrected chi connectivity index (χ3v) is 2.17. The van der Waals surface area contributed by atoms with Gasteiger partial charge in [-0.05, 0) is 18.2 Å². The van der Waals surface area contributed by atoms with Crippen LogP contribution >= 0.6 is 0 Å². The van der Waals surface area contributed by atoms with E-state index >= 15 is 0 Å². The number of methoxy groups -OCH3 is 1. The van der Waals surface area contributed by atoms with Gasteiger partial charge in [-0.25, -0.2) is 0 Å². The molecular formula is C10H13N3O. The first kappa shape index (κ1) is 9.02. The van der Waals surface area contributed by atoms with Crippen LogP contribution in [0.2, 0.25) is 0 Å².